The maximum Gasteiger partial charge on any atom is 0.0648 e. The van der Waals surface area contributed by atoms with E-state index in [1.54, 1.807) is 0 Å². The van der Waals surface area contributed by atoms with Crippen molar-refractivity contribution in [3.8, 4) is 5.69 Å². The van der Waals surface area contributed by atoms with E-state index < -0.39 is 0 Å². The average molecular weight is 313 g/mol. The third-order valence-corrected chi connectivity index (χ3v) is 4.75. The summed E-state index contributed by atoms with van der Waals surface area (Å²) in [6.45, 7) is 11.4. The predicted molar refractivity (Wildman–Crippen MR) is 92.9 cm³/mol. The molecule has 1 aromatic carbocycles. The van der Waals surface area contributed by atoms with E-state index >= 15 is 0 Å². The molecule has 1 fully saturated rings. The highest BCUT2D eigenvalue weighted by Crippen LogP contribution is 2.23. The minimum absolute atomic E-state index is 0.680. The van der Waals surface area contributed by atoms with Crippen LogP contribution in [0.5, 0.6) is 0 Å². The van der Waals surface area contributed by atoms with Gasteiger partial charge in [0.1, 0.15) is 0 Å². The van der Waals surface area contributed by atoms with Gasteiger partial charge in [-0.3, -0.25) is 4.90 Å². The van der Waals surface area contributed by atoms with Crippen LogP contribution in [0.1, 0.15) is 30.3 Å². The van der Waals surface area contributed by atoms with Gasteiger partial charge < -0.3 is 4.74 Å². The van der Waals surface area contributed by atoms with Gasteiger partial charge in [-0.05, 0) is 51.8 Å². The third-order valence-electron chi connectivity index (χ3n) is 4.75. The van der Waals surface area contributed by atoms with Crippen molar-refractivity contribution in [2.45, 2.75) is 33.7 Å². The maximum absolute atomic E-state index is 5.58. The Hall–Kier alpha value is -1.65. The highest BCUT2D eigenvalue weighted by atomic mass is 16.5. The number of para-hydroxylation sites is 1. The summed E-state index contributed by atoms with van der Waals surface area (Å²) in [6.07, 6.45) is 1.24. The molecule has 23 heavy (non-hydrogen) atoms. The SMILES string of the molecule is CCOCC1CCN(Cc2c(C)nn(-c3ccccc3)c2C)C1. The number of benzene rings is 1. The van der Waals surface area contributed by atoms with Gasteiger partial charge in [-0.1, -0.05) is 18.2 Å². The molecule has 2 aromatic rings. The van der Waals surface area contributed by atoms with Crippen molar-refractivity contribution in [3.05, 3.63) is 47.3 Å². The number of nitrogens with zero attached hydrogens (tertiary/aromatic N) is 3. The van der Waals surface area contributed by atoms with Gasteiger partial charge in [-0.25, -0.2) is 4.68 Å². The summed E-state index contributed by atoms with van der Waals surface area (Å²) < 4.78 is 7.65. The molecule has 1 atom stereocenters. The van der Waals surface area contributed by atoms with E-state index in [4.69, 9.17) is 9.84 Å². The van der Waals surface area contributed by atoms with E-state index in [-0.39, 0.29) is 0 Å². The highest BCUT2D eigenvalue weighted by molar-refractivity contribution is 5.36. The smallest absolute Gasteiger partial charge is 0.0648 e. The molecule has 1 aromatic heterocycles. The Balaban J connectivity index is 1.71. The Morgan fingerprint density at radius 3 is 2.74 bits per heavy atom. The van der Waals surface area contributed by atoms with Crippen LogP contribution >= 0.6 is 0 Å². The molecule has 1 aliphatic rings. The molecule has 0 saturated carbocycles. The average Bonchev–Trinajstić information content (AvgIpc) is 3.13. The monoisotopic (exact) mass is 313 g/mol. The molecule has 4 nitrogen and oxygen atoms in total. The quantitative estimate of drug-likeness (QED) is 0.819. The second-order valence-corrected chi connectivity index (χ2v) is 6.45. The van der Waals surface area contributed by atoms with Gasteiger partial charge in [0.25, 0.3) is 0 Å². The summed E-state index contributed by atoms with van der Waals surface area (Å²) in [5.41, 5.74) is 4.89. The summed E-state index contributed by atoms with van der Waals surface area (Å²) in [6, 6.07) is 10.4. The number of ether oxygens (including phenoxy) is 1. The van der Waals surface area contributed by atoms with Crippen LogP contribution in [-0.4, -0.2) is 41.0 Å². The number of hydrogen-bond donors (Lipinski definition) is 0. The number of rotatable bonds is 6. The van der Waals surface area contributed by atoms with Crippen LogP contribution in [0.2, 0.25) is 0 Å². The molecule has 1 aliphatic heterocycles. The Labute approximate surface area is 139 Å². The molecule has 3 rings (SSSR count). The van der Waals surface area contributed by atoms with Crippen molar-refractivity contribution < 1.29 is 4.74 Å². The van der Waals surface area contributed by atoms with Crippen molar-refractivity contribution in [2.24, 2.45) is 5.92 Å². The fourth-order valence-corrected chi connectivity index (χ4v) is 3.43. The lowest BCUT2D eigenvalue weighted by Gasteiger charge is -2.16. The Morgan fingerprint density at radius 2 is 2.00 bits per heavy atom. The van der Waals surface area contributed by atoms with Gasteiger partial charge in [-0.15, -0.1) is 0 Å². The maximum atomic E-state index is 5.58. The zero-order valence-corrected chi connectivity index (χ0v) is 14.5. The standard InChI is InChI=1S/C19H27N3O/c1-4-23-14-17-10-11-21(12-17)13-19-15(2)20-22(16(19)3)18-8-6-5-7-9-18/h5-9,17H,4,10-14H2,1-3H3. The molecule has 0 bridgehead atoms. The van der Waals surface area contributed by atoms with Crippen LogP contribution in [-0.2, 0) is 11.3 Å². The molecule has 4 heteroatoms. The Kier molecular flexibility index (Phi) is 5.13. The topological polar surface area (TPSA) is 30.3 Å². The summed E-state index contributed by atoms with van der Waals surface area (Å²) in [4.78, 5) is 2.54. The zero-order valence-electron chi connectivity index (χ0n) is 14.5. The van der Waals surface area contributed by atoms with E-state index in [0.717, 1.165) is 44.2 Å². The minimum Gasteiger partial charge on any atom is -0.381 e. The van der Waals surface area contributed by atoms with Crippen molar-refractivity contribution in [1.82, 2.24) is 14.7 Å². The fraction of sp³-hybridized carbons (Fsp3) is 0.526. The molecule has 0 aliphatic carbocycles. The summed E-state index contributed by atoms with van der Waals surface area (Å²) in [7, 11) is 0. The second-order valence-electron chi connectivity index (χ2n) is 6.45. The van der Waals surface area contributed by atoms with Crippen molar-refractivity contribution in [1.29, 1.82) is 0 Å². The van der Waals surface area contributed by atoms with E-state index in [1.165, 1.54) is 17.7 Å². The van der Waals surface area contributed by atoms with Gasteiger partial charge in [0.15, 0.2) is 0 Å². The van der Waals surface area contributed by atoms with Crippen LogP contribution in [0, 0.1) is 19.8 Å². The molecule has 0 amide bonds. The minimum atomic E-state index is 0.680. The first-order valence-electron chi connectivity index (χ1n) is 8.59. The molecule has 0 N–H and O–H groups in total. The lowest BCUT2D eigenvalue weighted by Crippen LogP contribution is -2.22. The van der Waals surface area contributed by atoms with Crippen molar-refractivity contribution >= 4 is 0 Å². The molecule has 1 saturated heterocycles. The van der Waals surface area contributed by atoms with E-state index in [9.17, 15) is 0 Å². The first-order chi connectivity index (χ1) is 11.2. The van der Waals surface area contributed by atoms with Crippen molar-refractivity contribution in [2.75, 3.05) is 26.3 Å². The Bertz CT molecular complexity index is 636. The molecule has 0 spiro atoms. The van der Waals surface area contributed by atoms with Gasteiger partial charge in [0.2, 0.25) is 0 Å². The normalized spacial score (nSPS) is 18.7. The number of hydrogen-bond acceptors (Lipinski definition) is 3. The summed E-state index contributed by atoms with van der Waals surface area (Å²) in [5.74, 6) is 0.680. The predicted octanol–water partition coefficient (Wildman–Crippen LogP) is 3.35. The molecule has 1 unspecified atom stereocenters. The Morgan fingerprint density at radius 1 is 1.22 bits per heavy atom. The summed E-state index contributed by atoms with van der Waals surface area (Å²) in [5, 5.41) is 4.76. The van der Waals surface area contributed by atoms with Gasteiger partial charge in [0.05, 0.1) is 18.0 Å². The van der Waals surface area contributed by atoms with Gasteiger partial charge in [0, 0.05) is 31.0 Å². The fourth-order valence-electron chi connectivity index (χ4n) is 3.43. The van der Waals surface area contributed by atoms with E-state index in [1.807, 2.05) is 6.07 Å². The first kappa shape index (κ1) is 16.2. The lowest BCUT2D eigenvalue weighted by molar-refractivity contribution is 0.111. The first-order valence-corrected chi connectivity index (χ1v) is 8.59. The van der Waals surface area contributed by atoms with Crippen LogP contribution in [0.3, 0.4) is 0 Å². The largest absolute Gasteiger partial charge is 0.381 e. The molecular weight excluding hydrogens is 286 g/mol. The molecular formula is C19H27N3O. The van der Waals surface area contributed by atoms with Crippen LogP contribution in [0.4, 0.5) is 0 Å². The molecule has 2 heterocycles. The van der Waals surface area contributed by atoms with Crippen molar-refractivity contribution in [3.63, 3.8) is 0 Å². The van der Waals surface area contributed by atoms with Gasteiger partial charge >= 0.3 is 0 Å². The second kappa shape index (κ2) is 7.28. The van der Waals surface area contributed by atoms with E-state index in [2.05, 4.69) is 54.6 Å². The third kappa shape index (κ3) is 3.65. The van der Waals surface area contributed by atoms with Crippen LogP contribution in [0.25, 0.3) is 5.69 Å². The molecule has 0 radical (unpaired) electrons. The lowest BCUT2D eigenvalue weighted by atomic mass is 10.1. The molecule has 124 valence electrons. The number of aromatic nitrogens is 2. The van der Waals surface area contributed by atoms with Crippen LogP contribution in [0.15, 0.2) is 30.3 Å². The number of likely N-dealkylation sites (tertiary alicyclic amines) is 1. The highest BCUT2D eigenvalue weighted by Gasteiger charge is 2.24. The van der Waals surface area contributed by atoms with E-state index in [0.29, 0.717) is 5.92 Å². The number of aryl methyl sites for hydroxylation is 1. The van der Waals surface area contributed by atoms with Crippen LogP contribution < -0.4 is 0 Å². The summed E-state index contributed by atoms with van der Waals surface area (Å²) >= 11 is 0. The zero-order chi connectivity index (χ0) is 16.2. The van der Waals surface area contributed by atoms with Gasteiger partial charge in [-0.2, -0.15) is 5.10 Å².